The maximum Gasteiger partial charge on any atom is 0.430 e. The first-order chi connectivity index (χ1) is 14.5. The molecule has 0 aliphatic carbocycles. The molecule has 2 heterocycles. The van der Waals surface area contributed by atoms with E-state index in [9.17, 15) is 55.9 Å². The highest BCUT2D eigenvalue weighted by Gasteiger charge is 2.71. The van der Waals surface area contributed by atoms with Crippen LogP contribution in [0.4, 0.5) is 37.8 Å². The molecule has 0 radical (unpaired) electrons. The van der Waals surface area contributed by atoms with Gasteiger partial charge in [0.2, 0.25) is 0 Å². The average molecular weight is 466 g/mol. The van der Waals surface area contributed by atoms with Gasteiger partial charge in [0.25, 0.3) is 28.7 Å². The molecule has 3 rings (SSSR count). The number of anilines is 1. The van der Waals surface area contributed by atoms with E-state index in [1.54, 1.807) is 5.32 Å². The van der Waals surface area contributed by atoms with E-state index >= 15 is 0 Å². The molecule has 0 fully saturated rings. The summed E-state index contributed by atoms with van der Waals surface area (Å²) in [5.41, 5.74) is -6.44. The smallest absolute Gasteiger partial charge is 0.384 e. The van der Waals surface area contributed by atoms with Crippen LogP contribution in [0.5, 0.6) is 0 Å². The van der Waals surface area contributed by atoms with Crippen molar-refractivity contribution in [1.29, 1.82) is 0 Å². The van der Waals surface area contributed by atoms with Gasteiger partial charge in [0.05, 0.1) is 16.1 Å². The first kappa shape index (κ1) is 22.7. The number of hydrogen-bond acceptors (Lipinski definition) is 7. The van der Waals surface area contributed by atoms with Gasteiger partial charge >= 0.3 is 12.4 Å². The number of nitro benzene ring substituents is 1. The fourth-order valence-electron chi connectivity index (χ4n) is 3.10. The zero-order valence-electron chi connectivity index (χ0n) is 15.0. The fraction of sp³-hybridized carbons (Fsp3) is 0.188. The number of imide groups is 1. The molecule has 2 amide bonds. The standard InChI is InChI=1S/C16H8F6N4O6/c17-15(18,19)14(30,16(20,21)22)5-1-2-7(8(3-5)26(31)32)25-9(27)4-6-10(11(25)23)13(29)24-12(6)28/h1-4,30H,23H2,(H,24,28,29). The molecule has 10 nitrogen and oxygen atoms in total. The number of nitrogens with two attached hydrogens (primary N) is 1. The number of nitrogen functional groups attached to an aromatic ring is 1. The van der Waals surface area contributed by atoms with E-state index in [1.165, 1.54) is 0 Å². The Labute approximate surface area is 171 Å². The maximum atomic E-state index is 13.1. The Kier molecular flexibility index (Phi) is 4.81. The van der Waals surface area contributed by atoms with Crippen molar-refractivity contribution in [2.24, 2.45) is 0 Å². The summed E-state index contributed by atoms with van der Waals surface area (Å²) in [6.07, 6.45) is -12.6. The van der Waals surface area contributed by atoms with Gasteiger partial charge in [0.1, 0.15) is 11.5 Å². The number of nitrogens with zero attached hydrogens (tertiary/aromatic N) is 2. The highest BCUT2D eigenvalue weighted by Crippen LogP contribution is 2.50. The van der Waals surface area contributed by atoms with Gasteiger partial charge in [-0.05, 0) is 6.07 Å². The second-order valence-electron chi connectivity index (χ2n) is 6.44. The average Bonchev–Trinajstić information content (AvgIpc) is 2.92. The van der Waals surface area contributed by atoms with Crippen LogP contribution in [0, 0.1) is 10.1 Å². The molecule has 32 heavy (non-hydrogen) atoms. The molecule has 1 aliphatic rings. The van der Waals surface area contributed by atoms with Crippen molar-refractivity contribution in [2.45, 2.75) is 18.0 Å². The molecular weight excluding hydrogens is 458 g/mol. The van der Waals surface area contributed by atoms with Crippen molar-refractivity contribution < 1.29 is 46.0 Å². The summed E-state index contributed by atoms with van der Waals surface area (Å²) in [5, 5.41) is 22.7. The highest BCUT2D eigenvalue weighted by molar-refractivity contribution is 6.23. The van der Waals surface area contributed by atoms with Crippen molar-refractivity contribution in [2.75, 3.05) is 5.73 Å². The summed E-state index contributed by atoms with van der Waals surface area (Å²) in [6, 6.07) is 0.717. The van der Waals surface area contributed by atoms with Gasteiger partial charge in [-0.1, -0.05) is 6.07 Å². The minimum Gasteiger partial charge on any atom is -0.384 e. The molecule has 0 saturated heterocycles. The number of aliphatic hydroxyl groups is 1. The van der Waals surface area contributed by atoms with Crippen LogP contribution in [-0.4, -0.2) is 38.8 Å². The molecule has 0 unspecified atom stereocenters. The fourth-order valence-corrected chi connectivity index (χ4v) is 3.10. The first-order valence-corrected chi connectivity index (χ1v) is 8.08. The molecule has 1 aromatic carbocycles. The topological polar surface area (TPSA) is 158 Å². The lowest BCUT2D eigenvalue weighted by Gasteiger charge is -2.32. The molecule has 0 bridgehead atoms. The Morgan fingerprint density at radius 1 is 1.00 bits per heavy atom. The van der Waals surface area contributed by atoms with E-state index in [0.717, 1.165) is 0 Å². The quantitative estimate of drug-likeness (QED) is 0.268. The van der Waals surface area contributed by atoms with Gasteiger partial charge < -0.3 is 10.8 Å². The molecule has 4 N–H and O–H groups in total. The first-order valence-electron chi connectivity index (χ1n) is 8.08. The van der Waals surface area contributed by atoms with E-state index in [-0.39, 0.29) is 16.7 Å². The van der Waals surface area contributed by atoms with Crippen molar-refractivity contribution in [3.05, 3.63) is 61.4 Å². The molecule has 16 heteroatoms. The lowest BCUT2D eigenvalue weighted by molar-refractivity contribution is -0.386. The predicted molar refractivity (Wildman–Crippen MR) is 90.9 cm³/mol. The number of nitro groups is 1. The molecular formula is C16H8F6N4O6. The lowest BCUT2D eigenvalue weighted by Crippen LogP contribution is -2.53. The molecule has 1 aromatic heterocycles. The van der Waals surface area contributed by atoms with Gasteiger partial charge in [0, 0.05) is 17.7 Å². The van der Waals surface area contributed by atoms with Crippen LogP contribution in [0.3, 0.4) is 0 Å². The number of carbonyl (C=O) groups excluding carboxylic acids is 2. The Bertz CT molecular complexity index is 1240. The number of amides is 2. The number of halogens is 6. The van der Waals surface area contributed by atoms with Crippen molar-refractivity contribution >= 4 is 23.3 Å². The van der Waals surface area contributed by atoms with Crippen LogP contribution in [-0.2, 0) is 5.60 Å². The number of carbonyl (C=O) groups is 2. The van der Waals surface area contributed by atoms with Crippen molar-refractivity contribution in [3.63, 3.8) is 0 Å². The van der Waals surface area contributed by atoms with E-state index in [4.69, 9.17) is 5.73 Å². The van der Waals surface area contributed by atoms with Crippen molar-refractivity contribution in [3.8, 4) is 5.69 Å². The number of hydrogen-bond donors (Lipinski definition) is 3. The van der Waals surface area contributed by atoms with Crippen molar-refractivity contribution in [1.82, 2.24) is 9.88 Å². The van der Waals surface area contributed by atoms with E-state index < -0.39 is 74.1 Å². The van der Waals surface area contributed by atoms with Gasteiger partial charge in [-0.15, -0.1) is 0 Å². The third-order valence-electron chi connectivity index (χ3n) is 4.60. The second-order valence-corrected chi connectivity index (χ2v) is 6.44. The van der Waals surface area contributed by atoms with E-state index in [0.29, 0.717) is 12.1 Å². The summed E-state index contributed by atoms with van der Waals surface area (Å²) in [7, 11) is 0. The summed E-state index contributed by atoms with van der Waals surface area (Å²) in [4.78, 5) is 45.9. The second kappa shape index (κ2) is 6.78. The Morgan fingerprint density at radius 2 is 1.56 bits per heavy atom. The summed E-state index contributed by atoms with van der Waals surface area (Å²) < 4.78 is 78.9. The third kappa shape index (κ3) is 3.06. The largest absolute Gasteiger partial charge is 0.430 e. The molecule has 1 aliphatic heterocycles. The lowest BCUT2D eigenvalue weighted by atomic mass is 9.91. The summed E-state index contributed by atoms with van der Waals surface area (Å²) in [6.45, 7) is 0. The predicted octanol–water partition coefficient (Wildman–Crippen LogP) is 1.52. The molecule has 170 valence electrons. The van der Waals surface area contributed by atoms with Gasteiger partial charge in [0.15, 0.2) is 0 Å². The van der Waals surface area contributed by atoms with Crippen LogP contribution in [0.1, 0.15) is 26.3 Å². The zero-order valence-corrected chi connectivity index (χ0v) is 15.0. The monoisotopic (exact) mass is 466 g/mol. The van der Waals surface area contributed by atoms with Crippen LogP contribution < -0.4 is 16.6 Å². The van der Waals surface area contributed by atoms with Crippen LogP contribution in [0.15, 0.2) is 29.1 Å². The SMILES string of the molecule is Nc1c2c(cc(=O)n1-c1ccc(C(O)(C(F)(F)F)C(F)(F)F)cc1[N+](=O)[O-])C(=O)NC2=O. The molecule has 0 atom stereocenters. The van der Waals surface area contributed by atoms with Crippen LogP contribution >= 0.6 is 0 Å². The number of benzene rings is 1. The Balaban J connectivity index is 2.35. The number of alkyl halides is 6. The van der Waals surface area contributed by atoms with Crippen LogP contribution in [0.25, 0.3) is 5.69 Å². The molecule has 0 saturated carbocycles. The summed E-state index contributed by atoms with van der Waals surface area (Å²) >= 11 is 0. The van der Waals surface area contributed by atoms with Crippen LogP contribution in [0.2, 0.25) is 0 Å². The minimum absolute atomic E-state index is 0.0631. The van der Waals surface area contributed by atoms with Gasteiger partial charge in [-0.25, -0.2) is 0 Å². The van der Waals surface area contributed by atoms with E-state index in [1.807, 2.05) is 0 Å². The van der Waals surface area contributed by atoms with E-state index in [2.05, 4.69) is 0 Å². The number of aromatic nitrogens is 1. The third-order valence-corrected chi connectivity index (χ3v) is 4.60. The highest BCUT2D eigenvalue weighted by atomic mass is 19.4. The number of fused-ring (bicyclic) bond motifs is 1. The molecule has 0 spiro atoms. The maximum absolute atomic E-state index is 13.1. The molecule has 2 aromatic rings. The normalized spacial score (nSPS) is 14.3. The summed E-state index contributed by atoms with van der Waals surface area (Å²) in [5.74, 6) is -2.92. The van der Waals surface area contributed by atoms with Gasteiger partial charge in [-0.3, -0.25) is 34.4 Å². The number of nitrogens with one attached hydrogen (secondary N) is 1. The Hall–Kier alpha value is -3.95. The van der Waals surface area contributed by atoms with Gasteiger partial charge in [-0.2, -0.15) is 26.3 Å². The zero-order chi connectivity index (χ0) is 24.4. The Morgan fingerprint density at radius 3 is 2.06 bits per heavy atom. The number of rotatable bonds is 3. The minimum atomic E-state index is -6.32. The number of pyridine rings is 1.